The molecule has 4 nitrogen and oxygen atoms in total. The van der Waals surface area contributed by atoms with Crippen LogP contribution < -0.4 is 0 Å². The van der Waals surface area contributed by atoms with Gasteiger partial charge in [0.15, 0.2) is 0 Å². The molecule has 0 fully saturated rings. The number of hydrogen-bond donors (Lipinski definition) is 0. The van der Waals surface area contributed by atoms with Crippen molar-refractivity contribution in [1.29, 1.82) is 0 Å². The largest absolute Gasteiger partial charge is 0.299 e. The van der Waals surface area contributed by atoms with E-state index in [1.807, 2.05) is 20.8 Å². The average Bonchev–Trinajstić information content (AvgIpc) is 2.19. The van der Waals surface area contributed by atoms with E-state index in [2.05, 4.69) is 15.9 Å². The highest BCUT2D eigenvalue weighted by molar-refractivity contribution is 9.10. The Morgan fingerprint density at radius 2 is 2.00 bits per heavy atom. The van der Waals surface area contributed by atoms with Crippen LogP contribution >= 0.6 is 15.9 Å². The standard InChI is InChI=1S/C12H14BrNO3/c1-12(2,3)11(15)6-8-4-5-9(14(16)17)7-10(8)13/h4-5,7H,6H2,1-3H3. The highest BCUT2D eigenvalue weighted by Gasteiger charge is 2.22. The van der Waals surface area contributed by atoms with Gasteiger partial charge in [0.05, 0.1) is 4.92 Å². The average molecular weight is 300 g/mol. The van der Waals surface area contributed by atoms with E-state index >= 15 is 0 Å². The number of ketones is 1. The van der Waals surface area contributed by atoms with Gasteiger partial charge in [-0.05, 0) is 5.56 Å². The fourth-order valence-electron chi connectivity index (χ4n) is 1.23. The molecule has 0 N–H and O–H groups in total. The fraction of sp³-hybridized carbons (Fsp3) is 0.417. The van der Waals surface area contributed by atoms with Gasteiger partial charge in [0.1, 0.15) is 5.78 Å². The van der Waals surface area contributed by atoms with Crippen LogP contribution in [0, 0.1) is 15.5 Å². The maximum Gasteiger partial charge on any atom is 0.270 e. The summed E-state index contributed by atoms with van der Waals surface area (Å²) in [4.78, 5) is 22.0. The van der Waals surface area contributed by atoms with Crippen molar-refractivity contribution in [2.45, 2.75) is 27.2 Å². The van der Waals surface area contributed by atoms with Crippen LogP contribution in [0.5, 0.6) is 0 Å². The lowest BCUT2D eigenvalue weighted by molar-refractivity contribution is -0.384. The number of nitro benzene ring substituents is 1. The van der Waals surface area contributed by atoms with Crippen molar-refractivity contribution in [3.63, 3.8) is 0 Å². The Morgan fingerprint density at radius 1 is 1.41 bits per heavy atom. The van der Waals surface area contributed by atoms with Gasteiger partial charge in [0.2, 0.25) is 0 Å². The molecule has 0 heterocycles. The minimum absolute atomic E-state index is 0.0174. The number of carbonyl (C=O) groups excluding carboxylic acids is 1. The number of carbonyl (C=O) groups is 1. The summed E-state index contributed by atoms with van der Waals surface area (Å²) in [6.07, 6.45) is 0.280. The Bertz CT molecular complexity index is 463. The van der Waals surface area contributed by atoms with Gasteiger partial charge >= 0.3 is 0 Å². The zero-order valence-electron chi connectivity index (χ0n) is 9.99. The molecule has 0 radical (unpaired) electrons. The molecule has 92 valence electrons. The van der Waals surface area contributed by atoms with Crippen molar-refractivity contribution in [2.75, 3.05) is 0 Å². The minimum atomic E-state index is -0.458. The van der Waals surface area contributed by atoms with Crippen LogP contribution in [0.25, 0.3) is 0 Å². The van der Waals surface area contributed by atoms with E-state index in [-0.39, 0.29) is 17.9 Å². The topological polar surface area (TPSA) is 60.2 Å². The van der Waals surface area contributed by atoms with Crippen LogP contribution in [0.15, 0.2) is 22.7 Å². The Kier molecular flexibility index (Phi) is 4.03. The lowest BCUT2D eigenvalue weighted by atomic mass is 9.87. The minimum Gasteiger partial charge on any atom is -0.299 e. The summed E-state index contributed by atoms with van der Waals surface area (Å²) in [5.74, 6) is 0.104. The lowest BCUT2D eigenvalue weighted by Crippen LogP contribution is -2.22. The molecule has 5 heteroatoms. The maximum atomic E-state index is 11.9. The summed E-state index contributed by atoms with van der Waals surface area (Å²) >= 11 is 3.25. The van der Waals surface area contributed by atoms with Gasteiger partial charge < -0.3 is 0 Å². The van der Waals surface area contributed by atoms with Crippen molar-refractivity contribution in [2.24, 2.45) is 5.41 Å². The van der Waals surface area contributed by atoms with E-state index in [1.54, 1.807) is 6.07 Å². The van der Waals surface area contributed by atoms with Gasteiger partial charge in [-0.1, -0.05) is 42.8 Å². The third kappa shape index (κ3) is 3.63. The predicted molar refractivity (Wildman–Crippen MR) is 69.0 cm³/mol. The first-order valence-electron chi connectivity index (χ1n) is 5.18. The number of hydrogen-bond acceptors (Lipinski definition) is 3. The fourth-order valence-corrected chi connectivity index (χ4v) is 1.74. The molecule has 0 aliphatic carbocycles. The summed E-state index contributed by atoms with van der Waals surface area (Å²) in [6.45, 7) is 5.57. The number of benzene rings is 1. The summed E-state index contributed by atoms with van der Waals surface area (Å²) in [5.41, 5.74) is 0.389. The molecular weight excluding hydrogens is 286 g/mol. The van der Waals surface area contributed by atoms with Crippen molar-refractivity contribution in [3.8, 4) is 0 Å². The molecule has 17 heavy (non-hydrogen) atoms. The molecule has 1 rings (SSSR count). The van der Waals surface area contributed by atoms with Gasteiger partial charge in [-0.15, -0.1) is 0 Å². The number of halogens is 1. The number of Topliss-reactive ketones (excluding diaryl/α,β-unsaturated/α-hetero) is 1. The third-order valence-corrected chi connectivity index (χ3v) is 3.17. The molecule has 0 unspecified atom stereocenters. The molecule has 0 spiro atoms. The second-order valence-corrected chi connectivity index (χ2v) is 5.74. The Labute approximate surface area is 108 Å². The van der Waals surface area contributed by atoms with E-state index in [1.165, 1.54) is 12.1 Å². The Hall–Kier alpha value is -1.23. The highest BCUT2D eigenvalue weighted by atomic mass is 79.9. The van der Waals surface area contributed by atoms with Crippen LogP contribution in [-0.2, 0) is 11.2 Å². The normalized spacial score (nSPS) is 11.3. The summed E-state index contributed by atoms with van der Waals surface area (Å²) in [7, 11) is 0. The van der Waals surface area contributed by atoms with Crippen LogP contribution in [0.3, 0.4) is 0 Å². The summed E-state index contributed by atoms with van der Waals surface area (Å²) in [6, 6.07) is 4.45. The van der Waals surface area contributed by atoms with Gasteiger partial charge in [0, 0.05) is 28.4 Å². The number of non-ortho nitro benzene ring substituents is 1. The van der Waals surface area contributed by atoms with Crippen molar-refractivity contribution >= 4 is 27.4 Å². The molecule has 0 bridgehead atoms. The molecule has 0 aliphatic rings. The van der Waals surface area contributed by atoms with Gasteiger partial charge in [-0.2, -0.15) is 0 Å². The molecule has 0 saturated heterocycles. The second kappa shape index (κ2) is 4.96. The van der Waals surface area contributed by atoms with Crippen LogP contribution in [0.4, 0.5) is 5.69 Å². The van der Waals surface area contributed by atoms with Crippen molar-refractivity contribution in [1.82, 2.24) is 0 Å². The molecule has 1 aromatic carbocycles. The van der Waals surface area contributed by atoms with E-state index in [4.69, 9.17) is 0 Å². The highest BCUT2D eigenvalue weighted by Crippen LogP contribution is 2.26. The third-order valence-electron chi connectivity index (χ3n) is 2.43. The van der Waals surface area contributed by atoms with Crippen LogP contribution in [0.1, 0.15) is 26.3 Å². The van der Waals surface area contributed by atoms with Gasteiger partial charge in [0.25, 0.3) is 5.69 Å². The molecule has 0 saturated carbocycles. The van der Waals surface area contributed by atoms with Crippen molar-refractivity contribution in [3.05, 3.63) is 38.3 Å². The summed E-state index contributed by atoms with van der Waals surface area (Å²) < 4.78 is 0.601. The predicted octanol–water partition coefficient (Wildman–Crippen LogP) is 3.52. The summed E-state index contributed by atoms with van der Waals surface area (Å²) in [5, 5.41) is 10.6. The maximum absolute atomic E-state index is 11.9. The molecule has 0 amide bonds. The Balaban J connectivity index is 2.95. The first-order valence-corrected chi connectivity index (χ1v) is 5.97. The molecule has 1 aromatic rings. The van der Waals surface area contributed by atoms with E-state index < -0.39 is 10.3 Å². The van der Waals surface area contributed by atoms with E-state index in [9.17, 15) is 14.9 Å². The Morgan fingerprint density at radius 3 is 2.41 bits per heavy atom. The van der Waals surface area contributed by atoms with Crippen LogP contribution in [-0.4, -0.2) is 10.7 Å². The quantitative estimate of drug-likeness (QED) is 0.634. The molecule has 0 aromatic heterocycles. The number of nitrogens with zero attached hydrogens (tertiary/aromatic N) is 1. The second-order valence-electron chi connectivity index (χ2n) is 4.88. The van der Waals surface area contributed by atoms with Crippen molar-refractivity contribution < 1.29 is 9.72 Å². The first kappa shape index (κ1) is 13.8. The zero-order valence-corrected chi connectivity index (χ0v) is 11.6. The van der Waals surface area contributed by atoms with Gasteiger partial charge in [-0.3, -0.25) is 14.9 Å². The van der Waals surface area contributed by atoms with E-state index in [0.29, 0.717) is 4.47 Å². The number of rotatable bonds is 3. The van der Waals surface area contributed by atoms with Crippen LogP contribution in [0.2, 0.25) is 0 Å². The van der Waals surface area contributed by atoms with Gasteiger partial charge in [-0.25, -0.2) is 0 Å². The monoisotopic (exact) mass is 299 g/mol. The first-order chi connectivity index (χ1) is 7.71. The molecular formula is C12H14BrNO3. The zero-order chi connectivity index (χ0) is 13.2. The lowest BCUT2D eigenvalue weighted by Gasteiger charge is -2.16. The SMILES string of the molecule is CC(C)(C)C(=O)Cc1ccc([N+](=O)[O-])cc1Br. The molecule has 0 atom stereocenters. The molecule has 0 aliphatic heterocycles. The smallest absolute Gasteiger partial charge is 0.270 e. The number of nitro groups is 1. The van der Waals surface area contributed by atoms with E-state index in [0.717, 1.165) is 5.56 Å².